The summed E-state index contributed by atoms with van der Waals surface area (Å²) in [5.41, 5.74) is 1.92. The molecule has 2 rings (SSSR count). The molecule has 0 saturated carbocycles. The number of halogens is 1. The van der Waals surface area contributed by atoms with Crippen molar-refractivity contribution in [3.8, 4) is 0 Å². The van der Waals surface area contributed by atoms with Crippen molar-refractivity contribution < 1.29 is 4.79 Å². The van der Waals surface area contributed by atoms with E-state index >= 15 is 0 Å². The third-order valence-electron chi connectivity index (χ3n) is 3.86. The minimum atomic E-state index is 0.175. The maximum Gasteiger partial charge on any atom is 0.253 e. The third kappa shape index (κ3) is 2.77. The van der Waals surface area contributed by atoms with Crippen LogP contribution in [0.25, 0.3) is 0 Å². The molecule has 0 spiro atoms. The molecular weight excluding hydrogens is 290 g/mol. The van der Waals surface area contributed by atoms with E-state index in [0.29, 0.717) is 11.8 Å². The highest BCUT2D eigenvalue weighted by molar-refractivity contribution is 9.10. The molecule has 1 aliphatic rings. The van der Waals surface area contributed by atoms with Crippen LogP contribution in [0, 0.1) is 18.8 Å². The zero-order valence-electron chi connectivity index (χ0n) is 11.2. The highest BCUT2D eigenvalue weighted by Gasteiger charge is 2.28. The third-order valence-corrected chi connectivity index (χ3v) is 4.75. The van der Waals surface area contributed by atoms with Gasteiger partial charge in [-0.3, -0.25) is 4.79 Å². The Bertz CT molecular complexity index is 456. The normalized spacial score (nSPS) is 19.6. The van der Waals surface area contributed by atoms with Gasteiger partial charge in [0.15, 0.2) is 0 Å². The fourth-order valence-corrected chi connectivity index (χ4v) is 2.72. The molecule has 0 aromatic heterocycles. The van der Waals surface area contributed by atoms with Crippen LogP contribution >= 0.6 is 15.9 Å². The molecule has 0 aliphatic carbocycles. The second kappa shape index (κ2) is 5.43. The summed E-state index contributed by atoms with van der Waals surface area (Å²) in [4.78, 5) is 14.4. The van der Waals surface area contributed by atoms with Gasteiger partial charge in [-0.25, -0.2) is 0 Å². The molecule has 0 bridgehead atoms. The van der Waals surface area contributed by atoms with Crippen LogP contribution in [0.1, 0.15) is 36.2 Å². The van der Waals surface area contributed by atoms with E-state index in [4.69, 9.17) is 0 Å². The molecule has 2 nitrogen and oxygen atoms in total. The summed E-state index contributed by atoms with van der Waals surface area (Å²) in [6, 6.07) is 5.83. The van der Waals surface area contributed by atoms with Crippen molar-refractivity contribution >= 4 is 21.8 Å². The maximum atomic E-state index is 12.4. The van der Waals surface area contributed by atoms with Crippen molar-refractivity contribution in [2.75, 3.05) is 13.1 Å². The van der Waals surface area contributed by atoms with Crippen molar-refractivity contribution in [2.45, 2.75) is 27.2 Å². The molecule has 1 saturated heterocycles. The van der Waals surface area contributed by atoms with Gasteiger partial charge in [-0.1, -0.05) is 29.8 Å². The molecule has 0 N–H and O–H groups in total. The average molecular weight is 310 g/mol. The molecule has 1 aromatic carbocycles. The highest BCUT2D eigenvalue weighted by atomic mass is 79.9. The summed E-state index contributed by atoms with van der Waals surface area (Å²) in [5.74, 6) is 1.49. The van der Waals surface area contributed by atoms with Gasteiger partial charge in [0.05, 0.1) is 0 Å². The Morgan fingerprint density at radius 2 is 2.17 bits per heavy atom. The van der Waals surface area contributed by atoms with E-state index in [2.05, 4.69) is 29.8 Å². The summed E-state index contributed by atoms with van der Waals surface area (Å²) in [6.45, 7) is 8.30. The number of benzene rings is 1. The van der Waals surface area contributed by atoms with Gasteiger partial charge < -0.3 is 4.90 Å². The zero-order valence-corrected chi connectivity index (χ0v) is 12.8. The highest BCUT2D eigenvalue weighted by Crippen LogP contribution is 2.25. The molecule has 1 unspecified atom stereocenters. The quantitative estimate of drug-likeness (QED) is 0.812. The number of hydrogen-bond acceptors (Lipinski definition) is 1. The van der Waals surface area contributed by atoms with E-state index in [1.807, 2.05) is 30.0 Å². The first-order chi connectivity index (χ1) is 8.49. The smallest absolute Gasteiger partial charge is 0.253 e. The number of aryl methyl sites for hydroxylation is 1. The molecule has 1 heterocycles. The predicted octanol–water partition coefficient (Wildman–Crippen LogP) is 3.88. The van der Waals surface area contributed by atoms with E-state index in [1.54, 1.807) is 0 Å². The van der Waals surface area contributed by atoms with Crippen LogP contribution in [0.4, 0.5) is 0 Å². The standard InChI is InChI=1S/C15H20BrNO/c1-10(2)13-6-7-17(9-13)15(18)12-4-5-14(16)11(3)8-12/h4-5,8,10,13H,6-7,9H2,1-3H3. The van der Waals surface area contributed by atoms with Crippen molar-refractivity contribution in [1.29, 1.82) is 0 Å². The number of amides is 1. The van der Waals surface area contributed by atoms with Crippen LogP contribution in [0.3, 0.4) is 0 Å². The Morgan fingerprint density at radius 3 is 2.72 bits per heavy atom. The fraction of sp³-hybridized carbons (Fsp3) is 0.533. The van der Waals surface area contributed by atoms with Crippen molar-refractivity contribution in [3.05, 3.63) is 33.8 Å². The van der Waals surface area contributed by atoms with Crippen LogP contribution < -0.4 is 0 Å². The molecule has 1 amide bonds. The van der Waals surface area contributed by atoms with Gasteiger partial charge in [0.1, 0.15) is 0 Å². The molecule has 0 radical (unpaired) electrons. The van der Waals surface area contributed by atoms with E-state index in [9.17, 15) is 4.79 Å². The first kappa shape index (κ1) is 13.6. The molecular formula is C15H20BrNO. The number of carbonyl (C=O) groups is 1. The monoisotopic (exact) mass is 309 g/mol. The summed E-state index contributed by atoms with van der Waals surface area (Å²) in [5, 5.41) is 0. The largest absolute Gasteiger partial charge is 0.338 e. The van der Waals surface area contributed by atoms with Crippen molar-refractivity contribution in [2.24, 2.45) is 11.8 Å². The Labute approximate surface area is 117 Å². The minimum Gasteiger partial charge on any atom is -0.338 e. The van der Waals surface area contributed by atoms with Gasteiger partial charge >= 0.3 is 0 Å². The minimum absolute atomic E-state index is 0.175. The fourth-order valence-electron chi connectivity index (χ4n) is 2.48. The first-order valence-corrected chi connectivity index (χ1v) is 7.33. The SMILES string of the molecule is Cc1cc(C(=O)N2CCC(C(C)C)C2)ccc1Br. The molecule has 98 valence electrons. The number of hydrogen-bond donors (Lipinski definition) is 0. The maximum absolute atomic E-state index is 12.4. The summed E-state index contributed by atoms with van der Waals surface area (Å²) < 4.78 is 1.06. The Kier molecular flexibility index (Phi) is 4.10. The molecule has 1 aliphatic heterocycles. The van der Waals surface area contributed by atoms with Crippen LogP contribution in [0.5, 0.6) is 0 Å². The van der Waals surface area contributed by atoms with Crippen molar-refractivity contribution in [3.63, 3.8) is 0 Å². The lowest BCUT2D eigenvalue weighted by atomic mass is 9.95. The van der Waals surface area contributed by atoms with Crippen LogP contribution in [0.2, 0.25) is 0 Å². The number of nitrogens with zero attached hydrogens (tertiary/aromatic N) is 1. The molecule has 1 fully saturated rings. The van der Waals surface area contributed by atoms with E-state index in [1.165, 1.54) is 0 Å². The zero-order chi connectivity index (χ0) is 13.3. The summed E-state index contributed by atoms with van der Waals surface area (Å²) in [7, 11) is 0. The Hall–Kier alpha value is -0.830. The van der Waals surface area contributed by atoms with E-state index < -0.39 is 0 Å². The van der Waals surface area contributed by atoms with Crippen molar-refractivity contribution in [1.82, 2.24) is 4.90 Å². The lowest BCUT2D eigenvalue weighted by Crippen LogP contribution is -2.29. The van der Waals surface area contributed by atoms with Gasteiger partial charge in [-0.05, 0) is 48.9 Å². The van der Waals surface area contributed by atoms with Gasteiger partial charge in [0.2, 0.25) is 0 Å². The van der Waals surface area contributed by atoms with E-state index in [-0.39, 0.29) is 5.91 Å². The van der Waals surface area contributed by atoms with Crippen LogP contribution in [-0.4, -0.2) is 23.9 Å². The number of carbonyl (C=O) groups excluding carboxylic acids is 1. The first-order valence-electron chi connectivity index (χ1n) is 6.54. The molecule has 18 heavy (non-hydrogen) atoms. The van der Waals surface area contributed by atoms with Gasteiger partial charge in [-0.15, -0.1) is 0 Å². The molecule has 1 atom stereocenters. The summed E-state index contributed by atoms with van der Waals surface area (Å²) >= 11 is 3.47. The molecule has 1 aromatic rings. The Balaban J connectivity index is 2.10. The topological polar surface area (TPSA) is 20.3 Å². The lowest BCUT2D eigenvalue weighted by Gasteiger charge is -2.18. The number of likely N-dealkylation sites (tertiary alicyclic amines) is 1. The Morgan fingerprint density at radius 1 is 1.44 bits per heavy atom. The molecule has 3 heteroatoms. The average Bonchev–Trinajstić information content (AvgIpc) is 2.81. The summed E-state index contributed by atoms with van der Waals surface area (Å²) in [6.07, 6.45) is 1.14. The lowest BCUT2D eigenvalue weighted by molar-refractivity contribution is 0.0784. The van der Waals surface area contributed by atoms with Crippen LogP contribution in [-0.2, 0) is 0 Å². The van der Waals surface area contributed by atoms with Gasteiger partial charge in [0.25, 0.3) is 5.91 Å². The number of rotatable bonds is 2. The van der Waals surface area contributed by atoms with Gasteiger partial charge in [0, 0.05) is 23.1 Å². The second-order valence-corrected chi connectivity index (χ2v) is 6.36. The van der Waals surface area contributed by atoms with E-state index in [0.717, 1.165) is 35.1 Å². The second-order valence-electron chi connectivity index (χ2n) is 5.51. The predicted molar refractivity (Wildman–Crippen MR) is 77.7 cm³/mol. The van der Waals surface area contributed by atoms with Gasteiger partial charge in [-0.2, -0.15) is 0 Å². The van der Waals surface area contributed by atoms with Crippen LogP contribution in [0.15, 0.2) is 22.7 Å².